The number of nitrogens with one attached hydrogen (secondary N) is 2. The summed E-state index contributed by atoms with van der Waals surface area (Å²) in [7, 11) is 0. The number of nitrogen functional groups attached to an aromatic ring is 1. The molecular formula is C17H17N3O4. The van der Waals surface area contributed by atoms with Crippen LogP contribution in [0, 0.1) is 10.8 Å². The summed E-state index contributed by atoms with van der Waals surface area (Å²) in [5.41, 5.74) is 6.86. The number of phenolic OH excluding ortho intramolecular Hbond substituents is 1. The van der Waals surface area contributed by atoms with Crippen molar-refractivity contribution in [1.82, 2.24) is 0 Å². The van der Waals surface area contributed by atoms with Crippen LogP contribution in [0.3, 0.4) is 0 Å². The summed E-state index contributed by atoms with van der Waals surface area (Å²) < 4.78 is 10.4. The first-order chi connectivity index (χ1) is 11.5. The number of nitrogens with two attached hydrogens (primary N) is 1. The monoisotopic (exact) mass is 327 g/mol. The van der Waals surface area contributed by atoms with Crippen molar-refractivity contribution < 1.29 is 19.4 Å². The number of hydrogen-bond acceptors (Lipinski definition) is 6. The first-order valence-corrected chi connectivity index (χ1v) is 7.09. The molecule has 0 saturated carbocycles. The minimum absolute atomic E-state index is 0.00507. The highest BCUT2D eigenvalue weighted by molar-refractivity contribution is 5.95. The van der Waals surface area contributed by atoms with Crippen LogP contribution in [0.25, 0.3) is 0 Å². The maximum atomic E-state index is 11.8. The summed E-state index contributed by atoms with van der Waals surface area (Å²) in [4.78, 5) is 11.8. The van der Waals surface area contributed by atoms with Crippen molar-refractivity contribution in [2.75, 3.05) is 13.2 Å². The number of rotatable bonds is 7. The summed E-state index contributed by atoms with van der Waals surface area (Å²) in [5, 5.41) is 24.1. The van der Waals surface area contributed by atoms with Gasteiger partial charge in [0, 0.05) is 11.8 Å². The van der Waals surface area contributed by atoms with Gasteiger partial charge in [0.1, 0.15) is 19.0 Å². The van der Waals surface area contributed by atoms with Crippen molar-refractivity contribution >= 4 is 18.0 Å². The molecule has 7 heteroatoms. The van der Waals surface area contributed by atoms with Gasteiger partial charge in [-0.1, -0.05) is 12.1 Å². The maximum Gasteiger partial charge on any atom is 0.338 e. The predicted octanol–water partition coefficient (Wildman–Crippen LogP) is 1.91. The number of ether oxygens (including phenoxy) is 2. The van der Waals surface area contributed by atoms with Gasteiger partial charge in [0.05, 0.1) is 5.56 Å². The third kappa shape index (κ3) is 4.33. The Balaban J connectivity index is 1.86. The fourth-order valence-electron chi connectivity index (χ4n) is 1.88. The Morgan fingerprint density at radius 1 is 1.12 bits per heavy atom. The molecule has 7 nitrogen and oxygen atoms in total. The average molecular weight is 327 g/mol. The maximum absolute atomic E-state index is 11.8. The molecule has 5 N–H and O–H groups in total. The van der Waals surface area contributed by atoms with Crippen LogP contribution in [0.2, 0.25) is 0 Å². The van der Waals surface area contributed by atoms with E-state index < -0.39 is 5.97 Å². The standard InChI is InChI=1S/C17H17N3O4/c18-10-11-1-3-12(4-2-11)17(22)24-8-7-23-15-9-13(16(19)20)5-6-14(15)21/h1-6,9-10,18,21H,7-8H2,(H3,19,20). The number of benzene rings is 2. The van der Waals surface area contributed by atoms with Gasteiger partial charge in [-0.25, -0.2) is 4.79 Å². The van der Waals surface area contributed by atoms with E-state index in [0.717, 1.165) is 0 Å². The van der Waals surface area contributed by atoms with E-state index in [0.29, 0.717) is 16.7 Å². The Kier molecular flexibility index (Phi) is 5.51. The quantitative estimate of drug-likeness (QED) is 0.267. The number of amidine groups is 1. The molecule has 0 amide bonds. The topological polar surface area (TPSA) is 129 Å². The van der Waals surface area contributed by atoms with Crippen molar-refractivity contribution in [3.05, 3.63) is 59.2 Å². The largest absolute Gasteiger partial charge is 0.504 e. The van der Waals surface area contributed by atoms with Crippen LogP contribution < -0.4 is 10.5 Å². The number of carbonyl (C=O) groups excluding carboxylic acids is 1. The van der Waals surface area contributed by atoms with Gasteiger partial charge in [0.25, 0.3) is 0 Å². The summed E-state index contributed by atoms with van der Waals surface area (Å²) in [6, 6.07) is 10.8. The molecule has 0 radical (unpaired) electrons. The summed E-state index contributed by atoms with van der Waals surface area (Å²) in [5.74, 6) is -0.570. The highest BCUT2D eigenvalue weighted by Gasteiger charge is 2.08. The predicted molar refractivity (Wildman–Crippen MR) is 89.2 cm³/mol. The highest BCUT2D eigenvalue weighted by Crippen LogP contribution is 2.26. The zero-order valence-corrected chi connectivity index (χ0v) is 12.8. The SMILES string of the molecule is N=Cc1ccc(C(=O)OCCOc2cc(C(=N)N)ccc2O)cc1. The van der Waals surface area contributed by atoms with E-state index >= 15 is 0 Å². The van der Waals surface area contributed by atoms with E-state index in [2.05, 4.69) is 0 Å². The Labute approximate surface area is 138 Å². The number of hydrogen-bond donors (Lipinski definition) is 4. The van der Waals surface area contributed by atoms with Crippen LogP contribution in [0.1, 0.15) is 21.5 Å². The second kappa shape index (κ2) is 7.77. The summed E-state index contributed by atoms with van der Waals surface area (Å²) in [6.45, 7) is 0.0358. The molecule has 0 aliphatic heterocycles. The fourth-order valence-corrected chi connectivity index (χ4v) is 1.88. The lowest BCUT2D eigenvalue weighted by Crippen LogP contribution is -2.13. The second-order valence-electron chi connectivity index (χ2n) is 4.85. The second-order valence-corrected chi connectivity index (χ2v) is 4.85. The van der Waals surface area contributed by atoms with Gasteiger partial charge in [0.15, 0.2) is 11.5 Å². The van der Waals surface area contributed by atoms with Crippen LogP contribution in [-0.4, -0.2) is 36.3 Å². The Morgan fingerprint density at radius 2 is 1.79 bits per heavy atom. The van der Waals surface area contributed by atoms with Crippen LogP contribution in [0.15, 0.2) is 42.5 Å². The van der Waals surface area contributed by atoms with Gasteiger partial charge in [-0.05, 0) is 35.9 Å². The Morgan fingerprint density at radius 3 is 2.42 bits per heavy atom. The smallest absolute Gasteiger partial charge is 0.338 e. The zero-order chi connectivity index (χ0) is 17.5. The van der Waals surface area contributed by atoms with Gasteiger partial charge in [0.2, 0.25) is 0 Å². The number of esters is 1. The van der Waals surface area contributed by atoms with Crippen LogP contribution in [-0.2, 0) is 4.74 Å². The molecule has 0 fully saturated rings. The molecule has 0 aliphatic carbocycles. The first-order valence-electron chi connectivity index (χ1n) is 7.09. The van der Waals surface area contributed by atoms with E-state index in [1.165, 1.54) is 24.4 Å². The highest BCUT2D eigenvalue weighted by atomic mass is 16.6. The van der Waals surface area contributed by atoms with Gasteiger partial charge < -0.3 is 25.7 Å². The van der Waals surface area contributed by atoms with Gasteiger partial charge in [-0.15, -0.1) is 0 Å². The Bertz CT molecular complexity index is 757. The molecule has 2 rings (SSSR count). The van der Waals surface area contributed by atoms with Crippen molar-refractivity contribution in [2.24, 2.45) is 5.73 Å². The van der Waals surface area contributed by atoms with E-state index in [1.807, 2.05) is 0 Å². The molecule has 0 aromatic heterocycles. The van der Waals surface area contributed by atoms with E-state index in [1.54, 1.807) is 24.3 Å². The molecule has 0 unspecified atom stereocenters. The molecule has 0 bridgehead atoms. The third-order valence-corrected chi connectivity index (χ3v) is 3.16. The van der Waals surface area contributed by atoms with E-state index in [4.69, 9.17) is 26.0 Å². The average Bonchev–Trinajstić information content (AvgIpc) is 2.59. The lowest BCUT2D eigenvalue weighted by molar-refractivity contribution is 0.0449. The lowest BCUT2D eigenvalue weighted by atomic mass is 10.1. The normalized spacial score (nSPS) is 10.0. The minimum Gasteiger partial charge on any atom is -0.504 e. The number of aromatic hydroxyl groups is 1. The van der Waals surface area contributed by atoms with Crippen LogP contribution in [0.4, 0.5) is 0 Å². The van der Waals surface area contributed by atoms with Crippen LogP contribution >= 0.6 is 0 Å². The van der Waals surface area contributed by atoms with Gasteiger partial charge in [-0.3, -0.25) is 5.41 Å². The fraction of sp³-hybridized carbons (Fsp3) is 0.118. The third-order valence-electron chi connectivity index (χ3n) is 3.16. The molecule has 0 heterocycles. The molecular weight excluding hydrogens is 310 g/mol. The molecule has 24 heavy (non-hydrogen) atoms. The van der Waals surface area contributed by atoms with E-state index in [9.17, 15) is 9.90 Å². The zero-order valence-electron chi connectivity index (χ0n) is 12.8. The van der Waals surface area contributed by atoms with Crippen LogP contribution in [0.5, 0.6) is 11.5 Å². The number of carbonyl (C=O) groups is 1. The van der Waals surface area contributed by atoms with Crippen molar-refractivity contribution in [1.29, 1.82) is 10.8 Å². The molecule has 0 atom stereocenters. The lowest BCUT2D eigenvalue weighted by Gasteiger charge is -2.10. The molecule has 2 aromatic rings. The van der Waals surface area contributed by atoms with Crippen molar-refractivity contribution in [2.45, 2.75) is 0 Å². The van der Waals surface area contributed by atoms with Crippen molar-refractivity contribution in [3.63, 3.8) is 0 Å². The number of phenols is 1. The molecule has 0 spiro atoms. The first kappa shape index (κ1) is 17.0. The van der Waals surface area contributed by atoms with E-state index in [-0.39, 0.29) is 30.5 Å². The molecule has 2 aromatic carbocycles. The molecule has 0 saturated heterocycles. The van der Waals surface area contributed by atoms with Crippen molar-refractivity contribution in [3.8, 4) is 11.5 Å². The Hall–Kier alpha value is -3.35. The summed E-state index contributed by atoms with van der Waals surface area (Å²) in [6.07, 6.45) is 1.19. The molecule has 0 aliphatic rings. The summed E-state index contributed by atoms with van der Waals surface area (Å²) >= 11 is 0. The van der Waals surface area contributed by atoms with Gasteiger partial charge >= 0.3 is 5.97 Å². The molecule has 124 valence electrons. The minimum atomic E-state index is -0.503. The van der Waals surface area contributed by atoms with Gasteiger partial charge in [-0.2, -0.15) is 0 Å².